The number of carboxylic acid groups (broad SMARTS) is 1. The number of H-pyrrole nitrogens is 1. The number of carboxylic acids is 1. The lowest BCUT2D eigenvalue weighted by molar-refractivity contribution is 0.0691. The van der Waals surface area contributed by atoms with Crippen molar-refractivity contribution in [3.8, 4) is 11.4 Å². The lowest BCUT2D eigenvalue weighted by Gasteiger charge is -2.00. The summed E-state index contributed by atoms with van der Waals surface area (Å²) in [5.41, 5.74) is 1.70. The fraction of sp³-hybridized carbons (Fsp3) is 0.0909. The third kappa shape index (κ3) is 1.79. The van der Waals surface area contributed by atoms with Crippen molar-refractivity contribution in [3.05, 3.63) is 40.7 Å². The second kappa shape index (κ2) is 3.98. The van der Waals surface area contributed by atoms with Gasteiger partial charge in [-0.15, -0.1) is 0 Å². The molecule has 0 radical (unpaired) electrons. The number of aromatic carboxylic acids is 1. The Morgan fingerprint density at radius 2 is 2.12 bits per heavy atom. The Kier molecular flexibility index (Phi) is 2.66. The zero-order chi connectivity index (χ0) is 11.7. The van der Waals surface area contributed by atoms with Crippen LogP contribution in [0.2, 0.25) is 5.15 Å². The third-order valence-corrected chi connectivity index (χ3v) is 2.54. The summed E-state index contributed by atoms with van der Waals surface area (Å²) in [6.45, 7) is 1.92. The van der Waals surface area contributed by atoms with Gasteiger partial charge in [-0.1, -0.05) is 35.9 Å². The first kappa shape index (κ1) is 10.7. The highest BCUT2D eigenvalue weighted by Gasteiger charge is 2.16. The van der Waals surface area contributed by atoms with E-state index in [1.807, 2.05) is 31.2 Å². The van der Waals surface area contributed by atoms with Crippen molar-refractivity contribution in [3.63, 3.8) is 0 Å². The second-order valence-electron chi connectivity index (χ2n) is 3.37. The van der Waals surface area contributed by atoms with Crippen LogP contribution in [0.1, 0.15) is 16.1 Å². The first-order chi connectivity index (χ1) is 7.59. The van der Waals surface area contributed by atoms with Gasteiger partial charge < -0.3 is 10.1 Å². The van der Waals surface area contributed by atoms with Crippen molar-refractivity contribution in [1.29, 1.82) is 0 Å². The largest absolute Gasteiger partial charge is 0.476 e. The molecule has 2 N–H and O–H groups in total. The Hall–Kier alpha value is -1.81. The summed E-state index contributed by atoms with van der Waals surface area (Å²) >= 11 is 5.74. The molecule has 0 aliphatic heterocycles. The van der Waals surface area contributed by atoms with Gasteiger partial charge in [0.2, 0.25) is 0 Å². The average molecular weight is 237 g/mol. The van der Waals surface area contributed by atoms with Gasteiger partial charge in [0, 0.05) is 5.56 Å². The zero-order valence-corrected chi connectivity index (χ0v) is 9.25. The van der Waals surface area contributed by atoms with Crippen LogP contribution in [0.3, 0.4) is 0 Å². The quantitative estimate of drug-likeness (QED) is 0.843. The molecule has 1 heterocycles. The highest BCUT2D eigenvalue weighted by Crippen LogP contribution is 2.23. The summed E-state index contributed by atoms with van der Waals surface area (Å²) < 4.78 is 0. The van der Waals surface area contributed by atoms with Gasteiger partial charge in [0.25, 0.3) is 0 Å². The Bertz CT molecular complexity index is 549. The lowest BCUT2D eigenvalue weighted by Crippen LogP contribution is -1.97. The van der Waals surface area contributed by atoms with Crippen molar-refractivity contribution in [1.82, 2.24) is 9.97 Å². The molecule has 0 spiro atoms. The third-order valence-electron chi connectivity index (χ3n) is 2.26. The molecule has 82 valence electrons. The number of halogens is 1. The number of carbonyl (C=O) groups is 1. The summed E-state index contributed by atoms with van der Waals surface area (Å²) in [5, 5.41) is 8.88. The van der Waals surface area contributed by atoms with Crippen LogP contribution >= 0.6 is 11.6 Å². The molecule has 0 aliphatic rings. The fourth-order valence-corrected chi connectivity index (χ4v) is 1.67. The van der Waals surface area contributed by atoms with E-state index >= 15 is 0 Å². The van der Waals surface area contributed by atoms with E-state index in [0.29, 0.717) is 5.82 Å². The molecular weight excluding hydrogens is 228 g/mol. The van der Waals surface area contributed by atoms with Crippen LogP contribution < -0.4 is 0 Å². The van der Waals surface area contributed by atoms with E-state index in [0.717, 1.165) is 11.1 Å². The number of hydrogen-bond acceptors (Lipinski definition) is 2. The fourth-order valence-electron chi connectivity index (χ4n) is 1.46. The van der Waals surface area contributed by atoms with Crippen molar-refractivity contribution in [2.75, 3.05) is 0 Å². The summed E-state index contributed by atoms with van der Waals surface area (Å²) in [7, 11) is 0. The average Bonchev–Trinajstić information content (AvgIpc) is 2.61. The molecule has 0 amide bonds. The number of hydrogen-bond donors (Lipinski definition) is 2. The Morgan fingerprint density at radius 3 is 2.69 bits per heavy atom. The van der Waals surface area contributed by atoms with E-state index < -0.39 is 5.97 Å². The van der Waals surface area contributed by atoms with E-state index in [2.05, 4.69) is 9.97 Å². The maximum absolute atomic E-state index is 10.8. The maximum Gasteiger partial charge on any atom is 0.357 e. The van der Waals surface area contributed by atoms with Crippen LogP contribution in [0, 0.1) is 6.92 Å². The first-order valence-electron chi connectivity index (χ1n) is 4.64. The van der Waals surface area contributed by atoms with E-state index in [-0.39, 0.29) is 10.8 Å². The molecule has 0 saturated heterocycles. The number of aryl methyl sites for hydroxylation is 1. The van der Waals surface area contributed by atoms with Crippen LogP contribution in [-0.4, -0.2) is 21.0 Å². The van der Waals surface area contributed by atoms with Crippen LogP contribution in [0.4, 0.5) is 0 Å². The molecule has 0 bridgehead atoms. The minimum absolute atomic E-state index is 0.0470. The standard InChI is InChI=1S/C11H9ClN2O2/c1-6-4-2-3-5-7(6)10-13-8(11(15)16)9(12)14-10/h2-5H,1H3,(H,13,14)(H,15,16). The van der Waals surface area contributed by atoms with Crippen LogP contribution in [0.5, 0.6) is 0 Å². The van der Waals surface area contributed by atoms with Gasteiger partial charge in [-0.05, 0) is 12.5 Å². The predicted octanol–water partition coefficient (Wildman–Crippen LogP) is 2.74. The van der Waals surface area contributed by atoms with E-state index in [1.165, 1.54) is 0 Å². The van der Waals surface area contributed by atoms with Crippen molar-refractivity contribution in [2.45, 2.75) is 6.92 Å². The molecule has 16 heavy (non-hydrogen) atoms. The molecule has 2 rings (SSSR count). The molecule has 4 nitrogen and oxygen atoms in total. The molecule has 0 fully saturated rings. The van der Waals surface area contributed by atoms with Crippen molar-refractivity contribution >= 4 is 17.6 Å². The van der Waals surface area contributed by atoms with Crippen LogP contribution in [0.15, 0.2) is 24.3 Å². The molecular formula is C11H9ClN2O2. The van der Waals surface area contributed by atoms with Crippen molar-refractivity contribution in [2.24, 2.45) is 0 Å². The molecule has 2 aromatic rings. The lowest BCUT2D eigenvalue weighted by atomic mass is 10.1. The molecule has 0 atom stereocenters. The van der Waals surface area contributed by atoms with E-state index in [1.54, 1.807) is 0 Å². The van der Waals surface area contributed by atoms with Crippen molar-refractivity contribution < 1.29 is 9.90 Å². The first-order valence-corrected chi connectivity index (χ1v) is 5.02. The summed E-state index contributed by atoms with van der Waals surface area (Å²) in [6, 6.07) is 7.54. The maximum atomic E-state index is 10.8. The molecule has 0 aliphatic carbocycles. The van der Waals surface area contributed by atoms with Gasteiger partial charge >= 0.3 is 5.97 Å². The summed E-state index contributed by atoms with van der Waals surface area (Å²) in [4.78, 5) is 17.5. The Morgan fingerprint density at radius 1 is 1.44 bits per heavy atom. The topological polar surface area (TPSA) is 66.0 Å². The molecule has 1 aromatic heterocycles. The Labute approximate surface area is 96.9 Å². The highest BCUT2D eigenvalue weighted by molar-refractivity contribution is 6.32. The number of rotatable bonds is 2. The monoisotopic (exact) mass is 236 g/mol. The molecule has 1 aromatic carbocycles. The minimum Gasteiger partial charge on any atom is -0.476 e. The number of imidazole rings is 1. The minimum atomic E-state index is -1.14. The van der Waals surface area contributed by atoms with Crippen LogP contribution in [-0.2, 0) is 0 Å². The SMILES string of the molecule is Cc1ccccc1-c1nc(C(=O)O)c(Cl)[nH]1. The second-order valence-corrected chi connectivity index (χ2v) is 3.75. The van der Waals surface area contributed by atoms with Gasteiger partial charge in [0.1, 0.15) is 11.0 Å². The van der Waals surface area contributed by atoms with Gasteiger partial charge in [-0.3, -0.25) is 0 Å². The van der Waals surface area contributed by atoms with Gasteiger partial charge in [0.15, 0.2) is 5.69 Å². The number of nitrogens with zero attached hydrogens (tertiary/aromatic N) is 1. The zero-order valence-electron chi connectivity index (χ0n) is 8.49. The summed E-state index contributed by atoms with van der Waals surface area (Å²) in [5.74, 6) is -0.665. The highest BCUT2D eigenvalue weighted by atomic mass is 35.5. The summed E-state index contributed by atoms with van der Waals surface area (Å²) in [6.07, 6.45) is 0. The molecule has 0 unspecified atom stereocenters. The molecule has 0 saturated carbocycles. The number of aromatic nitrogens is 2. The normalized spacial score (nSPS) is 10.4. The number of benzene rings is 1. The number of aromatic amines is 1. The van der Waals surface area contributed by atoms with Gasteiger partial charge in [-0.25, -0.2) is 9.78 Å². The predicted molar refractivity (Wildman–Crippen MR) is 60.7 cm³/mol. The molecule has 5 heteroatoms. The van der Waals surface area contributed by atoms with Gasteiger partial charge in [0.05, 0.1) is 0 Å². The smallest absolute Gasteiger partial charge is 0.357 e. The number of nitrogens with one attached hydrogen (secondary N) is 1. The van der Waals surface area contributed by atoms with E-state index in [4.69, 9.17) is 16.7 Å². The van der Waals surface area contributed by atoms with E-state index in [9.17, 15) is 4.79 Å². The van der Waals surface area contributed by atoms with Gasteiger partial charge in [-0.2, -0.15) is 0 Å². The van der Waals surface area contributed by atoms with Crippen LogP contribution in [0.25, 0.3) is 11.4 Å². The Balaban J connectivity index is 2.54.